The summed E-state index contributed by atoms with van der Waals surface area (Å²) in [6.45, 7) is 12.9. The Morgan fingerprint density at radius 3 is 1.25 bits per heavy atom. The maximum Gasteiger partial charge on any atom is 0.331 e. The maximum atomic E-state index is 12.6. The third-order valence-electron chi connectivity index (χ3n) is 6.71. The average Bonchev–Trinajstić information content (AvgIpc) is 3.02. The Morgan fingerprint density at radius 1 is 0.614 bits per heavy atom. The quantitative estimate of drug-likeness (QED) is 0.157. The third kappa shape index (κ3) is 14.4. The van der Waals surface area contributed by atoms with E-state index in [0.29, 0.717) is 24.6 Å². The van der Waals surface area contributed by atoms with Gasteiger partial charge in [-0.05, 0) is 49.2 Å². The summed E-state index contributed by atoms with van der Waals surface area (Å²) in [5.41, 5.74) is 2.06. The zero-order valence-corrected chi connectivity index (χ0v) is 27.3. The third-order valence-corrected chi connectivity index (χ3v) is 6.71. The van der Waals surface area contributed by atoms with Crippen LogP contribution in [0.5, 0.6) is 11.5 Å². The minimum Gasteiger partial charge on any atom is -0.490 e. The van der Waals surface area contributed by atoms with Gasteiger partial charge in [-0.25, -0.2) is 9.59 Å². The van der Waals surface area contributed by atoms with Crippen LogP contribution in [0.15, 0.2) is 60.7 Å². The molecule has 0 fully saturated rings. The topological polar surface area (TPSA) is 114 Å². The van der Waals surface area contributed by atoms with Crippen molar-refractivity contribution in [2.45, 2.75) is 78.0 Å². The summed E-state index contributed by atoms with van der Waals surface area (Å²) in [6.07, 6.45) is 0.909. The normalized spacial score (nSPS) is 14.3. The predicted octanol–water partition coefficient (Wildman–Crippen LogP) is 4.94. The van der Waals surface area contributed by atoms with Crippen molar-refractivity contribution in [3.63, 3.8) is 0 Å². The smallest absolute Gasteiger partial charge is 0.331 e. The lowest BCUT2D eigenvalue weighted by molar-refractivity contribution is -0.147. The van der Waals surface area contributed by atoms with Gasteiger partial charge in [0.25, 0.3) is 0 Å². The fraction of sp³-hybridized carbons (Fsp3) is 0.529. The fourth-order valence-corrected chi connectivity index (χ4v) is 3.87. The lowest BCUT2D eigenvalue weighted by Crippen LogP contribution is -2.38. The van der Waals surface area contributed by atoms with Gasteiger partial charge in [-0.15, -0.1) is 0 Å². The van der Waals surface area contributed by atoms with Gasteiger partial charge >= 0.3 is 11.9 Å². The molecule has 0 radical (unpaired) electrons. The minimum absolute atomic E-state index is 0.0246. The molecule has 2 rings (SSSR count). The molecule has 0 spiro atoms. The summed E-state index contributed by atoms with van der Waals surface area (Å²) in [7, 11) is 3.32. The van der Waals surface area contributed by atoms with Crippen LogP contribution < -0.4 is 20.1 Å². The van der Waals surface area contributed by atoms with E-state index < -0.39 is 24.1 Å². The van der Waals surface area contributed by atoms with E-state index in [-0.39, 0.29) is 37.5 Å². The van der Waals surface area contributed by atoms with Crippen molar-refractivity contribution in [1.29, 1.82) is 0 Å². The molecule has 0 bridgehead atoms. The van der Waals surface area contributed by atoms with Gasteiger partial charge in [0.2, 0.25) is 0 Å². The number of carbonyl (C=O) groups is 2. The molecule has 0 aliphatic rings. The highest BCUT2D eigenvalue weighted by Gasteiger charge is 2.18. The number of hydrogen-bond donors (Lipinski definition) is 2. The lowest BCUT2D eigenvalue weighted by atomic mass is 10.1. The van der Waals surface area contributed by atoms with E-state index in [1.54, 1.807) is 14.2 Å². The summed E-state index contributed by atoms with van der Waals surface area (Å²) in [4.78, 5) is 25.2. The number of carbonyl (C=O) groups excluding carboxylic acids is 2. The Hall–Kier alpha value is -3.44. The first-order chi connectivity index (χ1) is 21.0. The molecule has 2 aromatic rings. The summed E-state index contributed by atoms with van der Waals surface area (Å²) in [6, 6.07) is 15.5. The monoisotopic (exact) mass is 614 g/mol. The van der Waals surface area contributed by atoms with Crippen LogP contribution in [0.1, 0.15) is 64.9 Å². The second-order valence-electron chi connectivity index (χ2n) is 11.1. The molecule has 244 valence electrons. The first-order valence-corrected chi connectivity index (χ1v) is 15.1. The number of nitrogens with one attached hydrogen (secondary N) is 2. The minimum atomic E-state index is -0.677. The molecular weight excluding hydrogens is 564 g/mol. The first-order valence-electron chi connectivity index (χ1n) is 15.1. The highest BCUT2D eigenvalue weighted by atomic mass is 16.6. The molecular formula is C34H50N2O8. The van der Waals surface area contributed by atoms with Gasteiger partial charge in [0.15, 0.2) is 0 Å². The number of ether oxygens (including phenoxy) is 6. The van der Waals surface area contributed by atoms with Crippen LogP contribution in [0.2, 0.25) is 0 Å². The molecule has 0 amide bonds. The molecule has 0 saturated carbocycles. The second kappa shape index (κ2) is 19.8. The Balaban J connectivity index is 1.94. The van der Waals surface area contributed by atoms with E-state index in [2.05, 4.69) is 10.6 Å². The van der Waals surface area contributed by atoms with Crippen LogP contribution in [0, 0.1) is 0 Å². The van der Waals surface area contributed by atoms with Gasteiger partial charge in [0.1, 0.15) is 36.9 Å². The molecule has 0 aromatic heterocycles. The first kappa shape index (κ1) is 36.8. The summed E-state index contributed by atoms with van der Waals surface area (Å²) in [5.74, 6) is -0.0660. The van der Waals surface area contributed by atoms with Crippen LogP contribution >= 0.6 is 0 Å². The van der Waals surface area contributed by atoms with Crippen molar-refractivity contribution in [2.75, 3.05) is 40.5 Å². The van der Waals surface area contributed by atoms with Crippen LogP contribution in [0.25, 0.3) is 0 Å². The van der Waals surface area contributed by atoms with E-state index >= 15 is 0 Å². The average molecular weight is 615 g/mol. The molecule has 44 heavy (non-hydrogen) atoms. The van der Waals surface area contributed by atoms with Crippen LogP contribution in [0.4, 0.5) is 0 Å². The van der Waals surface area contributed by atoms with Crippen molar-refractivity contribution in [1.82, 2.24) is 10.6 Å². The molecule has 2 N–H and O–H groups in total. The highest BCUT2D eigenvalue weighted by Crippen LogP contribution is 2.21. The molecule has 0 aliphatic heterocycles. The molecule has 2 aromatic carbocycles. The zero-order chi connectivity index (χ0) is 32.5. The van der Waals surface area contributed by atoms with E-state index in [1.807, 2.05) is 90.1 Å². The van der Waals surface area contributed by atoms with Crippen molar-refractivity contribution in [3.8, 4) is 11.5 Å². The Kier molecular flexibility index (Phi) is 16.5. The van der Waals surface area contributed by atoms with Crippen molar-refractivity contribution < 1.29 is 38.0 Å². The summed E-state index contributed by atoms with van der Waals surface area (Å²) < 4.78 is 33.6. The van der Waals surface area contributed by atoms with Crippen molar-refractivity contribution in [3.05, 3.63) is 71.8 Å². The van der Waals surface area contributed by atoms with E-state index in [1.165, 1.54) is 0 Å². The number of benzene rings is 2. The van der Waals surface area contributed by atoms with Gasteiger partial charge in [0.05, 0.1) is 12.2 Å². The van der Waals surface area contributed by atoms with Gasteiger partial charge in [-0.3, -0.25) is 0 Å². The van der Waals surface area contributed by atoms with Gasteiger partial charge in [-0.1, -0.05) is 52.0 Å². The molecule has 10 heteroatoms. The van der Waals surface area contributed by atoms with Crippen LogP contribution in [0.3, 0.4) is 0 Å². The van der Waals surface area contributed by atoms with Crippen molar-refractivity contribution >= 4 is 11.9 Å². The van der Waals surface area contributed by atoms with E-state index in [0.717, 1.165) is 23.3 Å². The predicted molar refractivity (Wildman–Crippen MR) is 170 cm³/mol. The SMILES string of the molecule is COC(C)c1ccc(OCC(CNC(C)C)OC(=O)/C=C/C(=O)OC(CNC(C)C)COc2ccc(C(C)OC)cc2)cc1. The fourth-order valence-electron chi connectivity index (χ4n) is 3.87. The number of esters is 2. The second-order valence-corrected chi connectivity index (χ2v) is 11.1. The Morgan fingerprint density at radius 2 is 0.955 bits per heavy atom. The molecule has 0 heterocycles. The number of hydrogen-bond acceptors (Lipinski definition) is 10. The van der Waals surface area contributed by atoms with Crippen LogP contribution in [-0.2, 0) is 28.5 Å². The zero-order valence-electron chi connectivity index (χ0n) is 27.3. The van der Waals surface area contributed by atoms with Gasteiger partial charge in [0, 0.05) is 51.5 Å². The lowest BCUT2D eigenvalue weighted by Gasteiger charge is -2.20. The van der Waals surface area contributed by atoms with E-state index in [9.17, 15) is 9.59 Å². The van der Waals surface area contributed by atoms with Crippen LogP contribution in [-0.4, -0.2) is 76.8 Å². The number of methoxy groups -OCH3 is 2. The molecule has 0 aliphatic carbocycles. The molecule has 4 unspecified atom stereocenters. The Labute approximate surface area is 262 Å². The van der Waals surface area contributed by atoms with E-state index in [4.69, 9.17) is 28.4 Å². The number of rotatable bonds is 20. The van der Waals surface area contributed by atoms with Gasteiger partial charge in [-0.2, -0.15) is 0 Å². The van der Waals surface area contributed by atoms with Gasteiger partial charge < -0.3 is 39.1 Å². The molecule has 4 atom stereocenters. The summed E-state index contributed by atoms with van der Waals surface area (Å²) in [5, 5.41) is 6.51. The summed E-state index contributed by atoms with van der Waals surface area (Å²) >= 11 is 0. The largest absolute Gasteiger partial charge is 0.490 e. The maximum absolute atomic E-state index is 12.6. The van der Waals surface area contributed by atoms with Crippen molar-refractivity contribution in [2.24, 2.45) is 0 Å². The highest BCUT2D eigenvalue weighted by molar-refractivity contribution is 5.91. The molecule has 10 nitrogen and oxygen atoms in total. The Bertz CT molecular complexity index is 1050. The molecule has 0 saturated heterocycles. The standard InChI is InChI=1S/C34H50N2O8/c1-23(2)35-19-31(21-41-29-13-9-27(10-14-29)25(5)39-7)43-33(37)17-18-34(38)44-32(20-36-24(3)4)22-42-30-15-11-28(12-16-30)26(6)40-8/h9-18,23-26,31-32,35-36H,19-22H2,1-8H3/b18-17+.